The minimum Gasteiger partial charge on any atom is -0.321 e. The van der Waals surface area contributed by atoms with E-state index in [1.807, 2.05) is 0 Å². The van der Waals surface area contributed by atoms with Crippen LogP contribution in [-0.2, 0) is 0 Å². The first kappa shape index (κ1) is 15.0. The van der Waals surface area contributed by atoms with Crippen LogP contribution in [0.15, 0.2) is 42.5 Å². The zero-order valence-electron chi connectivity index (χ0n) is 11.0. The number of carbonyl (C=O) groups excluding carboxylic acids is 1. The summed E-state index contributed by atoms with van der Waals surface area (Å²) in [6, 6.07) is 10.8. The molecule has 0 heterocycles. The third-order valence-electron chi connectivity index (χ3n) is 2.67. The van der Waals surface area contributed by atoms with Crippen LogP contribution in [0.3, 0.4) is 0 Å². The van der Waals surface area contributed by atoms with E-state index >= 15 is 0 Å². The van der Waals surface area contributed by atoms with Gasteiger partial charge in [0, 0.05) is 10.6 Å². The number of hydrogen-bond donors (Lipinski definition) is 2. The van der Waals surface area contributed by atoms with E-state index in [1.165, 1.54) is 12.1 Å². The normalized spacial score (nSPS) is 9.67. The number of halogens is 2. The summed E-state index contributed by atoms with van der Waals surface area (Å²) in [6.07, 6.45) is 0. The van der Waals surface area contributed by atoms with Crippen molar-refractivity contribution in [3.63, 3.8) is 0 Å². The van der Waals surface area contributed by atoms with Crippen molar-refractivity contribution in [2.24, 2.45) is 5.73 Å². The van der Waals surface area contributed by atoms with Gasteiger partial charge in [-0.2, -0.15) is 0 Å². The topological polar surface area (TPSA) is 55.1 Å². The molecule has 1 amide bonds. The summed E-state index contributed by atoms with van der Waals surface area (Å²) in [6.45, 7) is 0.213. The van der Waals surface area contributed by atoms with Crippen molar-refractivity contribution < 1.29 is 9.18 Å². The molecule has 0 saturated carbocycles. The third-order valence-corrected chi connectivity index (χ3v) is 2.91. The molecule has 0 saturated heterocycles. The Labute approximate surface area is 126 Å². The van der Waals surface area contributed by atoms with E-state index in [2.05, 4.69) is 17.2 Å². The number of anilines is 1. The molecular weight excluding hydrogens is 291 g/mol. The number of nitrogens with one attached hydrogen (secondary N) is 1. The van der Waals surface area contributed by atoms with Gasteiger partial charge in [-0.05, 0) is 30.3 Å². The smallest absolute Gasteiger partial charge is 0.258 e. The molecular formula is C16H12ClFN2O. The molecule has 0 bridgehead atoms. The van der Waals surface area contributed by atoms with Gasteiger partial charge in [0.05, 0.1) is 17.8 Å². The molecule has 0 fully saturated rings. The molecule has 0 atom stereocenters. The van der Waals surface area contributed by atoms with Crippen molar-refractivity contribution in [1.29, 1.82) is 0 Å². The highest BCUT2D eigenvalue weighted by Crippen LogP contribution is 2.19. The van der Waals surface area contributed by atoms with Gasteiger partial charge < -0.3 is 11.1 Å². The maximum atomic E-state index is 13.7. The van der Waals surface area contributed by atoms with Gasteiger partial charge in [-0.3, -0.25) is 4.79 Å². The first-order chi connectivity index (χ1) is 10.1. The minimum atomic E-state index is -0.637. The van der Waals surface area contributed by atoms with Crippen LogP contribution >= 0.6 is 11.6 Å². The third kappa shape index (κ3) is 3.82. The molecule has 2 rings (SSSR count). The molecule has 2 aromatic carbocycles. The van der Waals surface area contributed by atoms with Crippen LogP contribution < -0.4 is 11.1 Å². The number of rotatable bonds is 2. The summed E-state index contributed by atoms with van der Waals surface area (Å²) in [5.74, 6) is 4.33. The molecule has 0 aliphatic carbocycles. The Bertz CT molecular complexity index is 735. The van der Waals surface area contributed by atoms with E-state index in [1.54, 1.807) is 24.3 Å². The summed E-state index contributed by atoms with van der Waals surface area (Å²) >= 11 is 5.78. The first-order valence-corrected chi connectivity index (χ1v) is 6.54. The Kier molecular flexibility index (Phi) is 4.94. The number of hydrogen-bond acceptors (Lipinski definition) is 2. The molecule has 0 aliphatic heterocycles. The lowest BCUT2D eigenvalue weighted by atomic mass is 10.1. The van der Waals surface area contributed by atoms with Gasteiger partial charge in [-0.25, -0.2) is 4.39 Å². The first-order valence-electron chi connectivity index (χ1n) is 6.16. The highest BCUT2D eigenvalue weighted by Gasteiger charge is 2.13. The van der Waals surface area contributed by atoms with Crippen LogP contribution in [0.1, 0.15) is 15.9 Å². The van der Waals surface area contributed by atoms with Crippen molar-refractivity contribution >= 4 is 23.2 Å². The van der Waals surface area contributed by atoms with Crippen molar-refractivity contribution in [1.82, 2.24) is 0 Å². The fraction of sp³-hybridized carbons (Fsp3) is 0.0625. The number of para-hydroxylation sites is 1. The Morgan fingerprint density at radius 3 is 2.81 bits per heavy atom. The van der Waals surface area contributed by atoms with E-state index in [9.17, 15) is 9.18 Å². The predicted octanol–water partition coefficient (Wildman–Crippen LogP) is 3.04. The van der Waals surface area contributed by atoms with Gasteiger partial charge in [-0.1, -0.05) is 35.6 Å². The molecule has 0 unspecified atom stereocenters. The molecule has 106 valence electrons. The average Bonchev–Trinajstić information content (AvgIpc) is 2.48. The van der Waals surface area contributed by atoms with Crippen LogP contribution in [0.5, 0.6) is 0 Å². The van der Waals surface area contributed by atoms with Gasteiger partial charge in [0.1, 0.15) is 5.82 Å². The molecule has 0 radical (unpaired) electrons. The van der Waals surface area contributed by atoms with Gasteiger partial charge in [0.25, 0.3) is 5.91 Å². The fourth-order valence-corrected chi connectivity index (χ4v) is 1.88. The second-order valence-electron chi connectivity index (χ2n) is 4.13. The second-order valence-corrected chi connectivity index (χ2v) is 4.57. The number of nitrogens with two attached hydrogens (primary N) is 1. The maximum absolute atomic E-state index is 13.7. The Hall–Kier alpha value is -2.35. The molecule has 0 spiro atoms. The van der Waals surface area contributed by atoms with Crippen LogP contribution in [-0.4, -0.2) is 12.5 Å². The van der Waals surface area contributed by atoms with Crippen LogP contribution in [0, 0.1) is 17.7 Å². The quantitative estimate of drug-likeness (QED) is 0.838. The zero-order valence-corrected chi connectivity index (χ0v) is 11.7. The van der Waals surface area contributed by atoms with Crippen LogP contribution in [0.4, 0.5) is 10.1 Å². The van der Waals surface area contributed by atoms with Crippen molar-refractivity contribution in [3.8, 4) is 11.8 Å². The summed E-state index contributed by atoms with van der Waals surface area (Å²) in [5, 5.41) is 2.91. The lowest BCUT2D eigenvalue weighted by Crippen LogP contribution is -2.14. The van der Waals surface area contributed by atoms with Gasteiger partial charge in [0.15, 0.2) is 0 Å². The van der Waals surface area contributed by atoms with E-state index in [-0.39, 0.29) is 17.1 Å². The highest BCUT2D eigenvalue weighted by atomic mass is 35.5. The lowest BCUT2D eigenvalue weighted by molar-refractivity contribution is 0.102. The Balaban J connectivity index is 2.30. The summed E-state index contributed by atoms with van der Waals surface area (Å²) in [4.78, 5) is 12.1. The molecule has 0 aliphatic rings. The standard InChI is InChI=1S/C16H12ClFN2O/c17-12-7-8-14(18)13(10-12)16(21)20-15-6-2-1-4-11(15)5-3-9-19/h1-2,4,6-8,10H,9,19H2,(H,20,21). The lowest BCUT2D eigenvalue weighted by Gasteiger charge is -2.08. The average molecular weight is 303 g/mol. The monoisotopic (exact) mass is 302 g/mol. The van der Waals surface area contributed by atoms with E-state index in [4.69, 9.17) is 17.3 Å². The molecule has 3 nitrogen and oxygen atoms in total. The molecule has 21 heavy (non-hydrogen) atoms. The van der Waals surface area contributed by atoms with Crippen molar-refractivity contribution in [2.75, 3.05) is 11.9 Å². The summed E-state index contributed by atoms with van der Waals surface area (Å²) in [7, 11) is 0. The summed E-state index contributed by atoms with van der Waals surface area (Å²) in [5.41, 5.74) is 6.31. The van der Waals surface area contributed by atoms with Crippen molar-refractivity contribution in [3.05, 3.63) is 64.4 Å². The fourth-order valence-electron chi connectivity index (χ4n) is 1.71. The highest BCUT2D eigenvalue weighted by molar-refractivity contribution is 6.31. The largest absolute Gasteiger partial charge is 0.321 e. The SMILES string of the molecule is NCC#Cc1ccccc1NC(=O)c1cc(Cl)ccc1F. The van der Waals surface area contributed by atoms with E-state index in [0.29, 0.717) is 11.3 Å². The number of amides is 1. The van der Waals surface area contributed by atoms with Gasteiger partial charge >= 0.3 is 0 Å². The Morgan fingerprint density at radius 1 is 1.29 bits per heavy atom. The Morgan fingerprint density at radius 2 is 2.05 bits per heavy atom. The summed E-state index contributed by atoms with van der Waals surface area (Å²) < 4.78 is 13.7. The molecule has 3 N–H and O–H groups in total. The van der Waals surface area contributed by atoms with E-state index < -0.39 is 11.7 Å². The van der Waals surface area contributed by atoms with E-state index in [0.717, 1.165) is 6.07 Å². The van der Waals surface area contributed by atoms with Crippen LogP contribution in [0.25, 0.3) is 0 Å². The van der Waals surface area contributed by atoms with Gasteiger partial charge in [-0.15, -0.1) is 0 Å². The van der Waals surface area contributed by atoms with Gasteiger partial charge in [0.2, 0.25) is 0 Å². The number of benzene rings is 2. The van der Waals surface area contributed by atoms with Crippen LogP contribution in [0.2, 0.25) is 5.02 Å². The maximum Gasteiger partial charge on any atom is 0.258 e. The zero-order chi connectivity index (χ0) is 15.2. The molecule has 0 aromatic heterocycles. The molecule has 5 heteroatoms. The molecule has 2 aromatic rings. The van der Waals surface area contributed by atoms with Crippen molar-refractivity contribution in [2.45, 2.75) is 0 Å². The minimum absolute atomic E-state index is 0.121. The predicted molar refractivity (Wildman–Crippen MR) is 81.7 cm³/mol. The number of carbonyl (C=O) groups is 1. The second kappa shape index (κ2) is 6.89.